The fourth-order valence-corrected chi connectivity index (χ4v) is 3.96. The van der Waals surface area contributed by atoms with E-state index in [0.717, 1.165) is 10.5 Å². The molecular formula is C23H22N2O4. The minimum atomic E-state index is -0.871. The summed E-state index contributed by atoms with van der Waals surface area (Å²) in [5.74, 6) is -1.08. The molecule has 0 bridgehead atoms. The molecule has 2 aromatic rings. The highest BCUT2D eigenvalue weighted by Gasteiger charge is 2.44. The lowest BCUT2D eigenvalue weighted by molar-refractivity contribution is -0.137. The van der Waals surface area contributed by atoms with Gasteiger partial charge in [0.1, 0.15) is 6.04 Å². The van der Waals surface area contributed by atoms with Crippen LogP contribution in [0.5, 0.6) is 0 Å². The average Bonchev–Trinajstić information content (AvgIpc) is 2.90. The second-order valence-electron chi connectivity index (χ2n) is 7.09. The molecule has 29 heavy (non-hydrogen) atoms. The molecule has 0 spiro atoms. The maximum Gasteiger partial charge on any atom is 0.262 e. The molecule has 2 heterocycles. The van der Waals surface area contributed by atoms with Crippen LogP contribution in [0, 0.1) is 0 Å². The number of nitrogens with zero attached hydrogens (tertiary/aromatic N) is 2. The van der Waals surface area contributed by atoms with E-state index in [0.29, 0.717) is 24.3 Å². The van der Waals surface area contributed by atoms with Gasteiger partial charge in [0, 0.05) is 13.7 Å². The molecule has 2 atom stereocenters. The third-order valence-corrected chi connectivity index (χ3v) is 5.40. The first kappa shape index (κ1) is 19.1. The van der Waals surface area contributed by atoms with Crippen LogP contribution in [0.1, 0.15) is 38.7 Å². The summed E-state index contributed by atoms with van der Waals surface area (Å²) in [6.07, 6.45) is 4.13. The average molecular weight is 390 g/mol. The van der Waals surface area contributed by atoms with Crippen LogP contribution in [0.4, 0.5) is 0 Å². The number of ether oxygens (including phenoxy) is 1. The molecule has 2 aliphatic heterocycles. The summed E-state index contributed by atoms with van der Waals surface area (Å²) in [7, 11) is 1.58. The van der Waals surface area contributed by atoms with Crippen LogP contribution in [0.2, 0.25) is 0 Å². The van der Waals surface area contributed by atoms with E-state index in [1.807, 2.05) is 42.5 Å². The quantitative estimate of drug-likeness (QED) is 0.582. The molecule has 148 valence electrons. The summed E-state index contributed by atoms with van der Waals surface area (Å²) in [6.45, 7) is 0.719. The minimum absolute atomic E-state index is 0.254. The fraction of sp³-hybridized carbons (Fsp3) is 0.261. The number of fused-ring (bicyclic) bond motifs is 1. The maximum atomic E-state index is 13.5. The third-order valence-electron chi connectivity index (χ3n) is 5.40. The summed E-state index contributed by atoms with van der Waals surface area (Å²) < 4.78 is 5.21. The highest BCUT2D eigenvalue weighted by Crippen LogP contribution is 2.31. The van der Waals surface area contributed by atoms with Crippen LogP contribution in [0.3, 0.4) is 0 Å². The number of hydrogen-bond acceptors (Lipinski definition) is 4. The molecule has 1 unspecified atom stereocenters. The third kappa shape index (κ3) is 3.36. The lowest BCUT2D eigenvalue weighted by Gasteiger charge is -2.33. The number of hydrogen-bond donors (Lipinski definition) is 0. The highest BCUT2D eigenvalue weighted by atomic mass is 16.5. The largest absolute Gasteiger partial charge is 0.383 e. The Hall–Kier alpha value is -3.25. The zero-order chi connectivity index (χ0) is 20.4. The Morgan fingerprint density at radius 3 is 2.17 bits per heavy atom. The predicted octanol–water partition coefficient (Wildman–Crippen LogP) is 2.83. The molecule has 2 aliphatic rings. The van der Waals surface area contributed by atoms with Crippen LogP contribution >= 0.6 is 0 Å². The molecular weight excluding hydrogens is 368 g/mol. The Morgan fingerprint density at radius 1 is 0.931 bits per heavy atom. The zero-order valence-electron chi connectivity index (χ0n) is 16.2. The zero-order valence-corrected chi connectivity index (χ0v) is 16.2. The molecule has 0 saturated carbocycles. The van der Waals surface area contributed by atoms with Crippen LogP contribution in [-0.2, 0) is 9.53 Å². The van der Waals surface area contributed by atoms with Gasteiger partial charge < -0.3 is 9.64 Å². The van der Waals surface area contributed by atoms with E-state index in [4.69, 9.17) is 4.74 Å². The second kappa shape index (κ2) is 8.01. The first-order valence-electron chi connectivity index (χ1n) is 9.61. The molecule has 6 nitrogen and oxygen atoms in total. The van der Waals surface area contributed by atoms with Crippen molar-refractivity contribution in [3.63, 3.8) is 0 Å². The van der Waals surface area contributed by atoms with E-state index in [1.54, 1.807) is 36.3 Å². The van der Waals surface area contributed by atoms with E-state index in [9.17, 15) is 14.4 Å². The van der Waals surface area contributed by atoms with E-state index in [2.05, 4.69) is 0 Å². The van der Waals surface area contributed by atoms with Crippen LogP contribution in [0.15, 0.2) is 66.7 Å². The van der Waals surface area contributed by atoms with Crippen molar-refractivity contribution in [2.75, 3.05) is 20.3 Å². The number of carbonyl (C=O) groups excluding carboxylic acids is 3. The number of methoxy groups -OCH3 is 1. The van der Waals surface area contributed by atoms with Crippen molar-refractivity contribution < 1.29 is 19.1 Å². The van der Waals surface area contributed by atoms with Gasteiger partial charge in [0.05, 0.1) is 23.8 Å². The van der Waals surface area contributed by atoms with Gasteiger partial charge in [-0.2, -0.15) is 0 Å². The van der Waals surface area contributed by atoms with Crippen LogP contribution in [0.25, 0.3) is 0 Å². The molecule has 0 radical (unpaired) electrons. The van der Waals surface area contributed by atoms with Gasteiger partial charge in [0.2, 0.25) is 5.91 Å². The summed E-state index contributed by atoms with van der Waals surface area (Å²) in [4.78, 5) is 42.2. The van der Waals surface area contributed by atoms with Crippen LogP contribution in [-0.4, -0.2) is 53.8 Å². The van der Waals surface area contributed by atoms with Gasteiger partial charge in [-0.15, -0.1) is 0 Å². The predicted molar refractivity (Wildman–Crippen MR) is 107 cm³/mol. The Bertz CT molecular complexity index is 935. The number of benzene rings is 2. The van der Waals surface area contributed by atoms with Crippen molar-refractivity contribution in [2.45, 2.75) is 18.5 Å². The van der Waals surface area contributed by atoms with Gasteiger partial charge in [-0.3, -0.25) is 19.3 Å². The Kier molecular flexibility index (Phi) is 5.27. The fourth-order valence-electron chi connectivity index (χ4n) is 3.96. The molecule has 6 heteroatoms. The molecule has 0 saturated heterocycles. The van der Waals surface area contributed by atoms with E-state index in [-0.39, 0.29) is 18.4 Å². The van der Waals surface area contributed by atoms with Crippen LogP contribution < -0.4 is 0 Å². The van der Waals surface area contributed by atoms with Crippen molar-refractivity contribution in [3.8, 4) is 0 Å². The lowest BCUT2D eigenvalue weighted by Crippen LogP contribution is -2.51. The van der Waals surface area contributed by atoms with Gasteiger partial charge in [-0.05, 0) is 24.1 Å². The first-order chi connectivity index (χ1) is 14.1. The molecule has 0 N–H and O–H groups in total. The van der Waals surface area contributed by atoms with Gasteiger partial charge in [-0.25, -0.2) is 0 Å². The van der Waals surface area contributed by atoms with Gasteiger partial charge in [0.25, 0.3) is 11.8 Å². The molecule has 0 fully saturated rings. The standard InChI is InChI=1S/C23H22N2O4/c1-29-15-14-24-19(16-8-3-2-4-9-16)12-7-13-20(23(24)28)25-21(26)17-10-5-6-11-18(17)22(25)27/h2-12,19-20H,13-15H2,1H3/t19-,20?/m0/s1. The molecule has 0 aliphatic carbocycles. The molecule has 0 aromatic heterocycles. The molecule has 2 aromatic carbocycles. The minimum Gasteiger partial charge on any atom is -0.383 e. The van der Waals surface area contributed by atoms with Crippen molar-refractivity contribution in [1.82, 2.24) is 9.80 Å². The van der Waals surface area contributed by atoms with Crippen molar-refractivity contribution in [1.29, 1.82) is 0 Å². The van der Waals surface area contributed by atoms with Crippen molar-refractivity contribution in [2.24, 2.45) is 0 Å². The van der Waals surface area contributed by atoms with Crippen molar-refractivity contribution in [3.05, 3.63) is 83.4 Å². The number of imide groups is 1. The molecule has 3 amide bonds. The Labute approximate surface area is 169 Å². The second-order valence-corrected chi connectivity index (χ2v) is 7.09. The van der Waals surface area contributed by atoms with E-state index < -0.39 is 17.9 Å². The number of carbonyl (C=O) groups is 3. The van der Waals surface area contributed by atoms with Gasteiger partial charge in [0.15, 0.2) is 0 Å². The summed E-state index contributed by atoms with van der Waals surface area (Å²) >= 11 is 0. The normalized spacial score (nSPS) is 21.5. The van der Waals surface area contributed by atoms with Gasteiger partial charge in [-0.1, -0.05) is 54.6 Å². The highest BCUT2D eigenvalue weighted by molar-refractivity contribution is 6.22. The van der Waals surface area contributed by atoms with Crippen molar-refractivity contribution >= 4 is 17.7 Å². The number of amides is 3. The Balaban J connectivity index is 1.69. The maximum absolute atomic E-state index is 13.5. The van der Waals surface area contributed by atoms with E-state index in [1.165, 1.54) is 0 Å². The summed E-state index contributed by atoms with van der Waals surface area (Å²) in [6, 6.07) is 15.2. The monoisotopic (exact) mass is 390 g/mol. The number of rotatable bonds is 5. The smallest absolute Gasteiger partial charge is 0.262 e. The Morgan fingerprint density at radius 2 is 1.55 bits per heavy atom. The van der Waals surface area contributed by atoms with Gasteiger partial charge >= 0.3 is 0 Å². The lowest BCUT2D eigenvalue weighted by atomic mass is 10.1. The summed E-state index contributed by atoms with van der Waals surface area (Å²) in [5.41, 5.74) is 1.67. The van der Waals surface area contributed by atoms with E-state index >= 15 is 0 Å². The molecule has 4 rings (SSSR count). The first-order valence-corrected chi connectivity index (χ1v) is 9.61. The topological polar surface area (TPSA) is 66.9 Å². The SMILES string of the molecule is COCCN1C(=O)C(N2C(=O)c3ccccc3C2=O)CC=C[C@H]1c1ccccc1. The summed E-state index contributed by atoms with van der Waals surface area (Å²) in [5, 5.41) is 0.